The Labute approximate surface area is 128 Å². The van der Waals surface area contributed by atoms with Crippen LogP contribution < -0.4 is 15.8 Å². The average molecular weight is 296 g/mol. The lowest BCUT2D eigenvalue weighted by atomic mass is 10.1. The van der Waals surface area contributed by atoms with E-state index in [1.54, 1.807) is 30.3 Å². The topological polar surface area (TPSA) is 81.4 Å². The maximum atomic E-state index is 12.4. The van der Waals surface area contributed by atoms with Crippen molar-refractivity contribution in [2.24, 2.45) is 5.73 Å². The molecule has 0 spiro atoms. The molecule has 1 heterocycles. The van der Waals surface area contributed by atoms with Crippen molar-refractivity contribution in [1.82, 2.24) is 0 Å². The first-order valence-electron chi connectivity index (χ1n) is 7.07. The van der Waals surface area contributed by atoms with Crippen LogP contribution in [-0.2, 0) is 17.6 Å². The van der Waals surface area contributed by atoms with E-state index in [0.717, 1.165) is 17.7 Å². The predicted molar refractivity (Wildman–Crippen MR) is 82.9 cm³/mol. The van der Waals surface area contributed by atoms with Gasteiger partial charge in [-0.3, -0.25) is 9.59 Å². The largest absolute Gasteiger partial charge is 0.493 e. The molecule has 1 aliphatic heterocycles. The van der Waals surface area contributed by atoms with Crippen molar-refractivity contribution >= 4 is 17.5 Å². The van der Waals surface area contributed by atoms with Crippen LogP contribution in [0.4, 0.5) is 5.69 Å². The van der Waals surface area contributed by atoms with Crippen molar-refractivity contribution in [2.45, 2.75) is 12.8 Å². The Kier molecular flexibility index (Phi) is 3.78. The number of amides is 2. The van der Waals surface area contributed by atoms with Crippen molar-refractivity contribution < 1.29 is 14.3 Å². The van der Waals surface area contributed by atoms with Gasteiger partial charge < -0.3 is 15.8 Å². The molecule has 0 unspecified atom stereocenters. The first kappa shape index (κ1) is 14.1. The highest BCUT2D eigenvalue weighted by Crippen LogP contribution is 2.26. The van der Waals surface area contributed by atoms with E-state index in [9.17, 15) is 9.59 Å². The Morgan fingerprint density at radius 3 is 2.82 bits per heavy atom. The summed E-state index contributed by atoms with van der Waals surface area (Å²) in [6, 6.07) is 12.5. The van der Waals surface area contributed by atoms with Gasteiger partial charge in [0.2, 0.25) is 5.91 Å². The minimum Gasteiger partial charge on any atom is -0.493 e. The second kappa shape index (κ2) is 5.89. The zero-order valence-corrected chi connectivity index (χ0v) is 12.0. The minimum atomic E-state index is -0.434. The van der Waals surface area contributed by atoms with Crippen LogP contribution in [0.15, 0.2) is 42.5 Å². The molecule has 1 aliphatic rings. The summed E-state index contributed by atoms with van der Waals surface area (Å²) in [5.74, 6) is 0.189. The summed E-state index contributed by atoms with van der Waals surface area (Å²) in [4.78, 5) is 23.5. The Hall–Kier alpha value is -2.82. The molecule has 0 aromatic heterocycles. The molecule has 22 heavy (non-hydrogen) atoms. The van der Waals surface area contributed by atoms with E-state index in [-0.39, 0.29) is 12.3 Å². The summed E-state index contributed by atoms with van der Waals surface area (Å²) < 4.78 is 5.43. The van der Waals surface area contributed by atoms with Crippen molar-refractivity contribution in [3.63, 3.8) is 0 Å². The van der Waals surface area contributed by atoms with Gasteiger partial charge in [0, 0.05) is 17.7 Å². The molecule has 0 bridgehead atoms. The van der Waals surface area contributed by atoms with Crippen LogP contribution in [0.1, 0.15) is 21.5 Å². The second-order valence-electron chi connectivity index (χ2n) is 5.18. The molecule has 112 valence electrons. The molecule has 2 aromatic rings. The monoisotopic (exact) mass is 296 g/mol. The predicted octanol–water partition coefficient (Wildman–Crippen LogP) is 1.90. The van der Waals surface area contributed by atoms with Gasteiger partial charge in [0.1, 0.15) is 5.75 Å². The molecular formula is C17H16N2O3. The number of ether oxygens (including phenoxy) is 1. The van der Waals surface area contributed by atoms with Crippen LogP contribution in [0.25, 0.3) is 0 Å². The summed E-state index contributed by atoms with van der Waals surface area (Å²) in [6.07, 6.45) is 0.906. The minimum absolute atomic E-state index is 0.0917. The lowest BCUT2D eigenvalue weighted by Gasteiger charge is -2.10. The number of hydrogen-bond donors (Lipinski definition) is 2. The smallest absolute Gasteiger partial charge is 0.255 e. The highest BCUT2D eigenvalue weighted by Gasteiger charge is 2.16. The van der Waals surface area contributed by atoms with Crippen LogP contribution in [0.2, 0.25) is 0 Å². The number of nitrogens with two attached hydrogens (primary N) is 1. The Balaban J connectivity index is 1.81. The quantitative estimate of drug-likeness (QED) is 0.904. The van der Waals surface area contributed by atoms with E-state index in [1.165, 1.54) is 0 Å². The third-order valence-corrected chi connectivity index (χ3v) is 3.58. The van der Waals surface area contributed by atoms with Crippen molar-refractivity contribution in [2.75, 3.05) is 11.9 Å². The molecule has 5 nitrogen and oxygen atoms in total. The average Bonchev–Trinajstić information content (AvgIpc) is 2.96. The molecule has 3 N–H and O–H groups in total. The zero-order chi connectivity index (χ0) is 15.5. The van der Waals surface area contributed by atoms with E-state index >= 15 is 0 Å². The molecule has 5 heteroatoms. The Morgan fingerprint density at radius 1 is 1.18 bits per heavy atom. The molecule has 0 saturated heterocycles. The molecule has 2 aromatic carbocycles. The fourth-order valence-electron chi connectivity index (χ4n) is 2.51. The van der Waals surface area contributed by atoms with Crippen molar-refractivity contribution in [3.8, 4) is 5.75 Å². The lowest BCUT2D eigenvalue weighted by molar-refractivity contribution is -0.117. The van der Waals surface area contributed by atoms with E-state index in [2.05, 4.69) is 5.32 Å². The number of primary amides is 1. The van der Waals surface area contributed by atoms with Crippen LogP contribution >= 0.6 is 0 Å². The van der Waals surface area contributed by atoms with Crippen LogP contribution in [-0.4, -0.2) is 18.4 Å². The number of hydrogen-bond acceptors (Lipinski definition) is 3. The van der Waals surface area contributed by atoms with Gasteiger partial charge in [-0.25, -0.2) is 0 Å². The van der Waals surface area contributed by atoms with Crippen molar-refractivity contribution in [1.29, 1.82) is 0 Å². The fourth-order valence-corrected chi connectivity index (χ4v) is 2.51. The number of anilines is 1. The first-order valence-corrected chi connectivity index (χ1v) is 7.07. The van der Waals surface area contributed by atoms with Gasteiger partial charge in [0.25, 0.3) is 5.91 Å². The first-order chi connectivity index (χ1) is 10.6. The highest BCUT2D eigenvalue weighted by atomic mass is 16.5. The lowest BCUT2D eigenvalue weighted by Crippen LogP contribution is -2.17. The number of carbonyl (C=O) groups excluding carboxylic acids is 2. The number of nitrogens with one attached hydrogen (secondary N) is 1. The molecule has 2 amide bonds. The number of carbonyl (C=O) groups is 2. The molecule has 0 fully saturated rings. The fraction of sp³-hybridized carbons (Fsp3) is 0.176. The third-order valence-electron chi connectivity index (χ3n) is 3.58. The number of fused-ring (bicyclic) bond motifs is 1. The molecule has 3 rings (SSSR count). The number of benzene rings is 2. The molecule has 0 atom stereocenters. The van der Waals surface area contributed by atoms with Crippen LogP contribution in [0.5, 0.6) is 5.75 Å². The molecule has 0 aliphatic carbocycles. The van der Waals surface area contributed by atoms with Gasteiger partial charge in [-0.15, -0.1) is 0 Å². The van der Waals surface area contributed by atoms with E-state index in [4.69, 9.17) is 10.5 Å². The van der Waals surface area contributed by atoms with Gasteiger partial charge in [-0.05, 0) is 35.4 Å². The van der Waals surface area contributed by atoms with Gasteiger partial charge >= 0.3 is 0 Å². The van der Waals surface area contributed by atoms with E-state index < -0.39 is 5.91 Å². The van der Waals surface area contributed by atoms with Gasteiger partial charge in [0.15, 0.2) is 0 Å². The normalized spacial score (nSPS) is 12.4. The van der Waals surface area contributed by atoms with Gasteiger partial charge in [0.05, 0.1) is 13.0 Å². The van der Waals surface area contributed by atoms with Crippen LogP contribution in [0, 0.1) is 0 Å². The van der Waals surface area contributed by atoms with Gasteiger partial charge in [-0.1, -0.05) is 18.2 Å². The summed E-state index contributed by atoms with van der Waals surface area (Å²) in [5.41, 5.74) is 8.14. The summed E-state index contributed by atoms with van der Waals surface area (Å²) in [6.45, 7) is 0.655. The molecule has 0 saturated carbocycles. The zero-order valence-electron chi connectivity index (χ0n) is 12.0. The third kappa shape index (κ3) is 2.93. The molecule has 0 radical (unpaired) electrons. The Morgan fingerprint density at radius 2 is 2.00 bits per heavy atom. The maximum absolute atomic E-state index is 12.4. The molecular weight excluding hydrogens is 280 g/mol. The number of rotatable bonds is 4. The second-order valence-corrected chi connectivity index (χ2v) is 5.18. The van der Waals surface area contributed by atoms with Crippen molar-refractivity contribution in [3.05, 3.63) is 59.2 Å². The Bertz CT molecular complexity index is 740. The van der Waals surface area contributed by atoms with E-state index in [1.807, 2.05) is 12.1 Å². The van der Waals surface area contributed by atoms with Crippen LogP contribution in [0.3, 0.4) is 0 Å². The summed E-state index contributed by atoms with van der Waals surface area (Å²) in [5, 5.41) is 2.84. The SMILES string of the molecule is NC(=O)Cc1ccccc1NC(=O)c1ccc2c(c1)CCO2. The standard InChI is InChI=1S/C17H16N2O3/c18-16(20)10-11-3-1-2-4-14(11)19-17(21)13-5-6-15-12(9-13)7-8-22-15/h1-6,9H,7-8,10H2,(H2,18,20)(H,19,21). The van der Waals surface area contributed by atoms with Gasteiger partial charge in [-0.2, -0.15) is 0 Å². The maximum Gasteiger partial charge on any atom is 0.255 e. The number of para-hydroxylation sites is 1. The highest BCUT2D eigenvalue weighted by molar-refractivity contribution is 6.05. The summed E-state index contributed by atoms with van der Waals surface area (Å²) in [7, 11) is 0. The summed E-state index contributed by atoms with van der Waals surface area (Å²) >= 11 is 0. The van der Waals surface area contributed by atoms with E-state index in [0.29, 0.717) is 23.4 Å².